The molecule has 0 saturated heterocycles. The molecule has 1 aromatic carbocycles. The van der Waals surface area contributed by atoms with E-state index in [0.29, 0.717) is 11.3 Å². The molecular formula is C14H14N2O3S. The van der Waals surface area contributed by atoms with Gasteiger partial charge in [0, 0.05) is 16.1 Å². The number of amides is 1. The SMILES string of the molecule is Nc1ccc(C(=O)NC(CC(=O)O)c2cccs2)cc1. The predicted octanol–water partition coefficient (Wildman–Crippen LogP) is 2.28. The van der Waals surface area contributed by atoms with Crippen LogP contribution in [-0.4, -0.2) is 17.0 Å². The Morgan fingerprint density at radius 1 is 1.25 bits per heavy atom. The Labute approximate surface area is 120 Å². The summed E-state index contributed by atoms with van der Waals surface area (Å²) in [7, 11) is 0. The Kier molecular flexibility index (Phi) is 4.37. The largest absolute Gasteiger partial charge is 0.481 e. The summed E-state index contributed by atoms with van der Waals surface area (Å²) < 4.78 is 0. The average Bonchev–Trinajstić information content (AvgIpc) is 2.92. The monoisotopic (exact) mass is 290 g/mol. The van der Waals surface area contributed by atoms with Crippen LogP contribution < -0.4 is 11.1 Å². The summed E-state index contributed by atoms with van der Waals surface area (Å²) in [6, 6.07) is 9.58. The summed E-state index contributed by atoms with van der Waals surface area (Å²) >= 11 is 1.41. The number of hydrogen-bond acceptors (Lipinski definition) is 4. The van der Waals surface area contributed by atoms with Gasteiger partial charge in [0.15, 0.2) is 0 Å². The number of carbonyl (C=O) groups excluding carboxylic acids is 1. The number of nitrogens with two attached hydrogens (primary N) is 1. The summed E-state index contributed by atoms with van der Waals surface area (Å²) in [6.07, 6.45) is -0.152. The molecule has 6 heteroatoms. The normalized spacial score (nSPS) is 11.8. The van der Waals surface area contributed by atoms with Gasteiger partial charge in [-0.1, -0.05) is 6.07 Å². The topological polar surface area (TPSA) is 92.4 Å². The van der Waals surface area contributed by atoms with Crippen molar-refractivity contribution in [1.82, 2.24) is 5.32 Å². The molecule has 104 valence electrons. The maximum atomic E-state index is 12.1. The van der Waals surface area contributed by atoms with Gasteiger partial charge in [-0.3, -0.25) is 9.59 Å². The number of thiophene rings is 1. The Hall–Kier alpha value is -2.34. The van der Waals surface area contributed by atoms with Gasteiger partial charge in [-0.15, -0.1) is 11.3 Å². The van der Waals surface area contributed by atoms with Crippen molar-refractivity contribution in [3.05, 3.63) is 52.2 Å². The molecule has 0 aliphatic heterocycles. The van der Waals surface area contributed by atoms with E-state index in [-0.39, 0.29) is 12.3 Å². The zero-order chi connectivity index (χ0) is 14.5. The van der Waals surface area contributed by atoms with E-state index in [1.54, 1.807) is 24.3 Å². The zero-order valence-corrected chi connectivity index (χ0v) is 11.4. The molecule has 20 heavy (non-hydrogen) atoms. The molecule has 0 saturated carbocycles. The minimum Gasteiger partial charge on any atom is -0.481 e. The van der Waals surface area contributed by atoms with Crippen LogP contribution in [0.2, 0.25) is 0 Å². The minimum atomic E-state index is -0.957. The van der Waals surface area contributed by atoms with Gasteiger partial charge in [0.05, 0.1) is 12.5 Å². The van der Waals surface area contributed by atoms with E-state index in [4.69, 9.17) is 10.8 Å². The smallest absolute Gasteiger partial charge is 0.305 e. The van der Waals surface area contributed by atoms with Gasteiger partial charge in [-0.25, -0.2) is 0 Å². The van der Waals surface area contributed by atoms with Crippen molar-refractivity contribution in [2.45, 2.75) is 12.5 Å². The Bertz CT molecular complexity index is 593. The second-order valence-corrected chi connectivity index (χ2v) is 5.24. The molecule has 1 amide bonds. The highest BCUT2D eigenvalue weighted by Gasteiger charge is 2.19. The lowest BCUT2D eigenvalue weighted by molar-refractivity contribution is -0.137. The fourth-order valence-electron chi connectivity index (χ4n) is 1.76. The van der Waals surface area contributed by atoms with Crippen molar-refractivity contribution in [3.8, 4) is 0 Å². The van der Waals surface area contributed by atoms with Crippen LogP contribution in [0.5, 0.6) is 0 Å². The van der Waals surface area contributed by atoms with E-state index in [1.807, 2.05) is 17.5 Å². The van der Waals surface area contributed by atoms with E-state index in [0.717, 1.165) is 4.88 Å². The lowest BCUT2D eigenvalue weighted by Crippen LogP contribution is -2.29. The first-order valence-electron chi connectivity index (χ1n) is 5.98. The van der Waals surface area contributed by atoms with Crippen molar-refractivity contribution in [2.75, 3.05) is 5.73 Å². The van der Waals surface area contributed by atoms with Gasteiger partial charge in [-0.05, 0) is 35.7 Å². The molecule has 0 radical (unpaired) electrons. The van der Waals surface area contributed by atoms with E-state index in [1.165, 1.54) is 11.3 Å². The first kappa shape index (κ1) is 14.1. The lowest BCUT2D eigenvalue weighted by Gasteiger charge is -2.15. The molecular weight excluding hydrogens is 276 g/mol. The van der Waals surface area contributed by atoms with Crippen LogP contribution in [-0.2, 0) is 4.79 Å². The molecule has 2 aromatic rings. The number of anilines is 1. The standard InChI is InChI=1S/C14H14N2O3S/c15-10-5-3-9(4-6-10)14(19)16-11(8-13(17)18)12-2-1-7-20-12/h1-7,11H,8,15H2,(H,16,19)(H,17,18). The Morgan fingerprint density at radius 2 is 1.95 bits per heavy atom. The van der Waals surface area contributed by atoms with Gasteiger partial charge >= 0.3 is 5.97 Å². The summed E-state index contributed by atoms with van der Waals surface area (Å²) in [4.78, 5) is 23.8. The summed E-state index contributed by atoms with van der Waals surface area (Å²) in [5.74, 6) is -1.27. The number of aliphatic carboxylic acids is 1. The van der Waals surface area contributed by atoms with Gasteiger partial charge in [0.25, 0.3) is 5.91 Å². The van der Waals surface area contributed by atoms with E-state index < -0.39 is 12.0 Å². The Morgan fingerprint density at radius 3 is 2.50 bits per heavy atom. The van der Waals surface area contributed by atoms with Crippen LogP contribution in [0, 0.1) is 0 Å². The van der Waals surface area contributed by atoms with Crippen molar-refractivity contribution in [2.24, 2.45) is 0 Å². The number of carboxylic acids is 1. The third kappa shape index (κ3) is 3.58. The highest BCUT2D eigenvalue weighted by molar-refractivity contribution is 7.10. The molecule has 1 unspecified atom stereocenters. The number of benzene rings is 1. The van der Waals surface area contributed by atoms with E-state index in [2.05, 4.69) is 5.32 Å². The number of nitrogen functional groups attached to an aromatic ring is 1. The maximum absolute atomic E-state index is 12.1. The average molecular weight is 290 g/mol. The van der Waals surface area contributed by atoms with Gasteiger partial charge in [-0.2, -0.15) is 0 Å². The zero-order valence-electron chi connectivity index (χ0n) is 10.6. The molecule has 0 aliphatic rings. The van der Waals surface area contributed by atoms with Gasteiger partial charge < -0.3 is 16.2 Å². The summed E-state index contributed by atoms with van der Waals surface area (Å²) in [5, 5.41) is 13.5. The number of nitrogens with one attached hydrogen (secondary N) is 1. The summed E-state index contributed by atoms with van der Waals surface area (Å²) in [5.41, 5.74) is 6.58. The highest BCUT2D eigenvalue weighted by atomic mass is 32.1. The quantitative estimate of drug-likeness (QED) is 0.736. The van der Waals surface area contributed by atoms with Crippen LogP contribution in [0.4, 0.5) is 5.69 Å². The van der Waals surface area contributed by atoms with Crippen LogP contribution in [0.25, 0.3) is 0 Å². The van der Waals surface area contributed by atoms with Crippen LogP contribution >= 0.6 is 11.3 Å². The Balaban J connectivity index is 2.13. The summed E-state index contributed by atoms with van der Waals surface area (Å²) in [6.45, 7) is 0. The van der Waals surface area contributed by atoms with Crippen molar-refractivity contribution in [1.29, 1.82) is 0 Å². The van der Waals surface area contributed by atoms with E-state index in [9.17, 15) is 9.59 Å². The van der Waals surface area contributed by atoms with Crippen LogP contribution in [0.15, 0.2) is 41.8 Å². The number of carboxylic acid groups (broad SMARTS) is 1. The maximum Gasteiger partial charge on any atom is 0.305 e. The minimum absolute atomic E-state index is 0.152. The number of carbonyl (C=O) groups is 2. The van der Waals surface area contributed by atoms with Crippen molar-refractivity contribution < 1.29 is 14.7 Å². The predicted molar refractivity (Wildman–Crippen MR) is 77.6 cm³/mol. The second kappa shape index (κ2) is 6.21. The molecule has 4 N–H and O–H groups in total. The van der Waals surface area contributed by atoms with Gasteiger partial charge in [0.1, 0.15) is 0 Å². The first-order valence-corrected chi connectivity index (χ1v) is 6.86. The van der Waals surface area contributed by atoms with Crippen LogP contribution in [0.3, 0.4) is 0 Å². The fraction of sp³-hybridized carbons (Fsp3) is 0.143. The highest BCUT2D eigenvalue weighted by Crippen LogP contribution is 2.22. The third-order valence-electron chi connectivity index (χ3n) is 2.74. The molecule has 2 rings (SSSR count). The number of hydrogen-bond donors (Lipinski definition) is 3. The van der Waals surface area contributed by atoms with Gasteiger partial charge in [0.2, 0.25) is 0 Å². The molecule has 1 aromatic heterocycles. The van der Waals surface area contributed by atoms with Crippen molar-refractivity contribution in [3.63, 3.8) is 0 Å². The second-order valence-electron chi connectivity index (χ2n) is 4.26. The van der Waals surface area contributed by atoms with Crippen LogP contribution in [0.1, 0.15) is 27.7 Å². The molecule has 0 fully saturated rings. The molecule has 0 bridgehead atoms. The molecule has 5 nitrogen and oxygen atoms in total. The van der Waals surface area contributed by atoms with E-state index >= 15 is 0 Å². The molecule has 0 spiro atoms. The van der Waals surface area contributed by atoms with Crippen molar-refractivity contribution >= 4 is 28.9 Å². The lowest BCUT2D eigenvalue weighted by atomic mass is 10.1. The third-order valence-corrected chi connectivity index (χ3v) is 3.73. The first-order chi connectivity index (χ1) is 9.56. The molecule has 1 atom stereocenters. The number of rotatable bonds is 5. The molecule has 1 heterocycles. The fourth-order valence-corrected chi connectivity index (χ4v) is 2.54. The molecule has 0 aliphatic carbocycles.